The van der Waals surface area contributed by atoms with Gasteiger partial charge in [-0.2, -0.15) is 0 Å². The van der Waals surface area contributed by atoms with Crippen molar-refractivity contribution in [2.45, 2.75) is 25.3 Å². The second-order valence-electron chi connectivity index (χ2n) is 6.25. The van der Waals surface area contributed by atoms with Crippen LogP contribution in [0.15, 0.2) is 60.7 Å². The van der Waals surface area contributed by atoms with Crippen molar-refractivity contribution < 1.29 is 0 Å². The number of benzene rings is 2. The summed E-state index contributed by atoms with van der Waals surface area (Å²) in [6.07, 6.45) is 3.69. The van der Waals surface area contributed by atoms with E-state index in [4.69, 9.17) is 0 Å². The molecule has 1 aliphatic rings. The molecule has 1 heterocycles. The van der Waals surface area contributed by atoms with Crippen molar-refractivity contribution in [3.05, 3.63) is 66.2 Å². The lowest BCUT2D eigenvalue weighted by Gasteiger charge is -2.37. The number of hydrogen-bond donors (Lipinski definition) is 0. The third-order valence-corrected chi connectivity index (χ3v) is 4.83. The van der Waals surface area contributed by atoms with E-state index >= 15 is 0 Å². The van der Waals surface area contributed by atoms with Crippen LogP contribution in [0.3, 0.4) is 0 Å². The maximum atomic E-state index is 2.61. The monoisotopic (exact) mass is 294 g/mol. The lowest BCUT2D eigenvalue weighted by atomic mass is 10.0. The molecular weight excluding hydrogens is 268 g/mol. The Labute approximate surface area is 134 Å². The van der Waals surface area contributed by atoms with E-state index in [1.54, 1.807) is 0 Å². The van der Waals surface area contributed by atoms with Crippen LogP contribution in [0, 0.1) is 0 Å². The van der Waals surface area contributed by atoms with E-state index < -0.39 is 0 Å². The molecule has 2 heteroatoms. The maximum absolute atomic E-state index is 2.61. The van der Waals surface area contributed by atoms with Gasteiger partial charge in [0.15, 0.2) is 0 Å². The van der Waals surface area contributed by atoms with Crippen LogP contribution >= 0.6 is 0 Å². The summed E-state index contributed by atoms with van der Waals surface area (Å²) in [4.78, 5) is 5.07. The molecule has 22 heavy (non-hydrogen) atoms. The van der Waals surface area contributed by atoms with Crippen LogP contribution < -0.4 is 4.90 Å². The Hall–Kier alpha value is -1.80. The van der Waals surface area contributed by atoms with Gasteiger partial charge in [0, 0.05) is 38.4 Å². The van der Waals surface area contributed by atoms with Gasteiger partial charge in [0.1, 0.15) is 0 Å². The minimum Gasteiger partial charge on any atom is -0.372 e. The first kappa shape index (κ1) is 15.1. The first-order valence-electron chi connectivity index (χ1n) is 8.37. The van der Waals surface area contributed by atoms with Gasteiger partial charge < -0.3 is 9.80 Å². The van der Waals surface area contributed by atoms with Gasteiger partial charge in [-0.05, 0) is 37.0 Å². The summed E-state index contributed by atoms with van der Waals surface area (Å²) in [5.74, 6) is 0. The summed E-state index contributed by atoms with van der Waals surface area (Å²) in [6.45, 7) is 3.62. The minimum atomic E-state index is 0.676. The van der Waals surface area contributed by atoms with E-state index in [1.807, 2.05) is 0 Å². The van der Waals surface area contributed by atoms with Gasteiger partial charge in [-0.15, -0.1) is 0 Å². The Morgan fingerprint density at radius 2 is 1.50 bits per heavy atom. The number of nitrogens with zero attached hydrogens (tertiary/aromatic N) is 2. The molecule has 3 rings (SSSR count). The fourth-order valence-electron chi connectivity index (χ4n) is 3.34. The molecule has 0 atom stereocenters. The Balaban J connectivity index is 1.46. The third kappa shape index (κ3) is 3.89. The average molecular weight is 294 g/mol. The third-order valence-electron chi connectivity index (χ3n) is 4.83. The topological polar surface area (TPSA) is 6.48 Å². The fourth-order valence-corrected chi connectivity index (χ4v) is 3.34. The van der Waals surface area contributed by atoms with Crippen LogP contribution in [0.25, 0.3) is 0 Å². The van der Waals surface area contributed by atoms with E-state index in [2.05, 4.69) is 77.5 Å². The van der Waals surface area contributed by atoms with Crippen molar-refractivity contribution in [2.75, 3.05) is 31.6 Å². The van der Waals surface area contributed by atoms with Gasteiger partial charge in [0.25, 0.3) is 0 Å². The number of rotatable bonds is 5. The molecule has 0 saturated carbocycles. The molecule has 0 N–H and O–H groups in total. The van der Waals surface area contributed by atoms with Crippen LogP contribution in [0.5, 0.6) is 0 Å². The van der Waals surface area contributed by atoms with Crippen molar-refractivity contribution >= 4 is 5.69 Å². The molecule has 116 valence electrons. The highest BCUT2D eigenvalue weighted by Gasteiger charge is 2.22. The van der Waals surface area contributed by atoms with E-state index in [1.165, 1.54) is 50.1 Å². The molecular formula is C20H26N2. The molecule has 1 saturated heterocycles. The fraction of sp³-hybridized carbons (Fsp3) is 0.400. The Morgan fingerprint density at radius 3 is 2.14 bits per heavy atom. The molecule has 0 bridgehead atoms. The van der Waals surface area contributed by atoms with Crippen LogP contribution in [-0.4, -0.2) is 37.6 Å². The summed E-state index contributed by atoms with van der Waals surface area (Å²) >= 11 is 0. The summed E-state index contributed by atoms with van der Waals surface area (Å²) in [7, 11) is 2.24. The van der Waals surface area contributed by atoms with Gasteiger partial charge in [-0.1, -0.05) is 48.5 Å². The summed E-state index contributed by atoms with van der Waals surface area (Å²) in [5, 5.41) is 0. The van der Waals surface area contributed by atoms with Gasteiger partial charge in [-0.3, -0.25) is 0 Å². The number of anilines is 1. The Kier molecular flexibility index (Phi) is 5.12. The highest BCUT2D eigenvalue weighted by atomic mass is 15.2. The van der Waals surface area contributed by atoms with Crippen LogP contribution in [0.2, 0.25) is 0 Å². The molecule has 0 unspecified atom stereocenters. The van der Waals surface area contributed by atoms with Crippen molar-refractivity contribution in [2.24, 2.45) is 0 Å². The summed E-state index contributed by atoms with van der Waals surface area (Å²) in [5.41, 5.74) is 2.79. The summed E-state index contributed by atoms with van der Waals surface area (Å²) in [6, 6.07) is 22.3. The smallest absolute Gasteiger partial charge is 0.0366 e. The maximum Gasteiger partial charge on any atom is 0.0366 e. The van der Waals surface area contributed by atoms with Crippen molar-refractivity contribution in [1.29, 1.82) is 0 Å². The highest BCUT2D eigenvalue weighted by Crippen LogP contribution is 2.21. The van der Waals surface area contributed by atoms with Crippen molar-refractivity contribution in [3.63, 3.8) is 0 Å². The minimum absolute atomic E-state index is 0.676. The van der Waals surface area contributed by atoms with Gasteiger partial charge >= 0.3 is 0 Å². The standard InChI is InChI=1S/C20H26N2/c1-21(19-10-6-3-7-11-19)20-13-16-22(17-14-20)15-12-18-8-4-2-5-9-18/h2-11,20H,12-17H2,1H3. The number of para-hydroxylation sites is 1. The average Bonchev–Trinajstić information content (AvgIpc) is 2.61. The van der Waals surface area contributed by atoms with E-state index in [-0.39, 0.29) is 0 Å². The predicted molar refractivity (Wildman–Crippen MR) is 94.5 cm³/mol. The molecule has 2 aromatic rings. The zero-order chi connectivity index (χ0) is 15.2. The Bertz CT molecular complexity index is 544. The SMILES string of the molecule is CN(c1ccccc1)C1CCN(CCc2ccccc2)CC1. The van der Waals surface area contributed by atoms with Crippen molar-refractivity contribution in [1.82, 2.24) is 4.90 Å². The first-order chi connectivity index (χ1) is 10.8. The normalized spacial score (nSPS) is 16.6. The lowest BCUT2D eigenvalue weighted by molar-refractivity contribution is 0.213. The highest BCUT2D eigenvalue weighted by molar-refractivity contribution is 5.46. The molecule has 1 aliphatic heterocycles. The largest absolute Gasteiger partial charge is 0.372 e. The molecule has 0 aliphatic carbocycles. The van der Waals surface area contributed by atoms with E-state index in [0.29, 0.717) is 6.04 Å². The predicted octanol–water partition coefficient (Wildman–Crippen LogP) is 3.83. The van der Waals surface area contributed by atoms with Crippen molar-refractivity contribution in [3.8, 4) is 0 Å². The molecule has 2 nitrogen and oxygen atoms in total. The quantitative estimate of drug-likeness (QED) is 0.827. The molecule has 0 aromatic heterocycles. The van der Waals surface area contributed by atoms with E-state index in [0.717, 1.165) is 0 Å². The van der Waals surface area contributed by atoms with Gasteiger partial charge in [0.2, 0.25) is 0 Å². The number of piperidine rings is 1. The molecule has 0 spiro atoms. The van der Waals surface area contributed by atoms with Crippen LogP contribution in [-0.2, 0) is 6.42 Å². The summed E-state index contributed by atoms with van der Waals surface area (Å²) < 4.78 is 0. The molecule has 1 fully saturated rings. The number of likely N-dealkylation sites (tertiary alicyclic amines) is 1. The molecule has 2 aromatic carbocycles. The van der Waals surface area contributed by atoms with Crippen LogP contribution in [0.1, 0.15) is 18.4 Å². The molecule has 0 radical (unpaired) electrons. The zero-order valence-corrected chi connectivity index (χ0v) is 13.5. The number of hydrogen-bond acceptors (Lipinski definition) is 2. The zero-order valence-electron chi connectivity index (χ0n) is 13.5. The van der Waals surface area contributed by atoms with Gasteiger partial charge in [-0.25, -0.2) is 0 Å². The Morgan fingerprint density at radius 1 is 0.909 bits per heavy atom. The second kappa shape index (κ2) is 7.46. The van der Waals surface area contributed by atoms with Crippen LogP contribution in [0.4, 0.5) is 5.69 Å². The lowest BCUT2D eigenvalue weighted by Crippen LogP contribution is -2.44. The molecule has 0 amide bonds. The van der Waals surface area contributed by atoms with Gasteiger partial charge in [0.05, 0.1) is 0 Å². The van der Waals surface area contributed by atoms with E-state index in [9.17, 15) is 0 Å². The second-order valence-corrected chi connectivity index (χ2v) is 6.25. The first-order valence-corrected chi connectivity index (χ1v) is 8.37.